The van der Waals surface area contributed by atoms with Crippen molar-refractivity contribution in [2.75, 3.05) is 19.8 Å². The maximum Gasteiger partial charge on any atom is 0.246 e. The van der Waals surface area contributed by atoms with Crippen molar-refractivity contribution < 1.29 is 9.53 Å². The zero-order valence-electron chi connectivity index (χ0n) is 7.80. The number of ether oxygens (including phenoxy) is 1. The summed E-state index contributed by atoms with van der Waals surface area (Å²) in [5.41, 5.74) is 5.32. The quantitative estimate of drug-likeness (QED) is 0.590. The summed E-state index contributed by atoms with van der Waals surface area (Å²) in [5.74, 6) is -0.0715. The van der Waals surface area contributed by atoms with E-state index in [9.17, 15) is 4.79 Å². The van der Waals surface area contributed by atoms with Gasteiger partial charge in [0.05, 0.1) is 0 Å². The van der Waals surface area contributed by atoms with Crippen molar-refractivity contribution in [3.05, 3.63) is 0 Å². The molecule has 0 aliphatic carbocycles. The van der Waals surface area contributed by atoms with Crippen molar-refractivity contribution in [2.24, 2.45) is 5.73 Å². The van der Waals surface area contributed by atoms with E-state index < -0.39 is 0 Å². The second-order valence-corrected chi connectivity index (χ2v) is 2.68. The summed E-state index contributed by atoms with van der Waals surface area (Å²) in [6, 6.07) is 0.142. The number of carbonyl (C=O) groups is 1. The SMILES string of the molecule is CCOCC(=O)NC(C)CCN. The van der Waals surface area contributed by atoms with Crippen LogP contribution in [0, 0.1) is 0 Å². The van der Waals surface area contributed by atoms with Gasteiger partial charge in [-0.05, 0) is 26.8 Å². The number of amides is 1. The molecular weight excluding hydrogens is 156 g/mol. The van der Waals surface area contributed by atoms with Gasteiger partial charge >= 0.3 is 0 Å². The molecule has 4 heteroatoms. The van der Waals surface area contributed by atoms with Gasteiger partial charge < -0.3 is 15.8 Å². The fraction of sp³-hybridized carbons (Fsp3) is 0.875. The molecule has 12 heavy (non-hydrogen) atoms. The Morgan fingerprint density at radius 3 is 2.83 bits per heavy atom. The van der Waals surface area contributed by atoms with Crippen LogP contribution in [0.15, 0.2) is 0 Å². The molecule has 72 valence electrons. The maximum atomic E-state index is 11.0. The van der Waals surface area contributed by atoms with E-state index in [2.05, 4.69) is 5.32 Å². The number of rotatable bonds is 6. The lowest BCUT2D eigenvalue weighted by Gasteiger charge is -2.11. The van der Waals surface area contributed by atoms with Crippen molar-refractivity contribution in [2.45, 2.75) is 26.3 Å². The Bertz CT molecular complexity index is 128. The lowest BCUT2D eigenvalue weighted by atomic mass is 10.2. The van der Waals surface area contributed by atoms with Crippen LogP contribution in [-0.2, 0) is 9.53 Å². The van der Waals surface area contributed by atoms with Gasteiger partial charge in [0.1, 0.15) is 6.61 Å². The third-order valence-electron chi connectivity index (χ3n) is 1.44. The molecule has 3 N–H and O–H groups in total. The lowest BCUT2D eigenvalue weighted by molar-refractivity contribution is -0.126. The minimum atomic E-state index is -0.0715. The van der Waals surface area contributed by atoms with Crippen LogP contribution in [0.25, 0.3) is 0 Å². The number of hydrogen-bond acceptors (Lipinski definition) is 3. The van der Waals surface area contributed by atoms with Gasteiger partial charge in [0, 0.05) is 12.6 Å². The van der Waals surface area contributed by atoms with Crippen LogP contribution >= 0.6 is 0 Å². The van der Waals surface area contributed by atoms with Crippen molar-refractivity contribution >= 4 is 5.91 Å². The average molecular weight is 174 g/mol. The molecule has 0 aromatic rings. The standard InChI is InChI=1S/C8H18N2O2/c1-3-12-6-8(11)10-7(2)4-5-9/h7H,3-6,9H2,1-2H3,(H,10,11). The van der Waals surface area contributed by atoms with Gasteiger partial charge in [-0.3, -0.25) is 4.79 Å². The molecule has 0 aromatic carbocycles. The summed E-state index contributed by atoms with van der Waals surface area (Å²) in [4.78, 5) is 11.0. The second kappa shape index (κ2) is 7.06. The highest BCUT2D eigenvalue weighted by atomic mass is 16.5. The molecule has 0 heterocycles. The molecule has 1 atom stereocenters. The molecule has 0 saturated heterocycles. The summed E-state index contributed by atoms with van der Waals surface area (Å²) < 4.78 is 4.93. The molecule has 1 amide bonds. The first-order chi connectivity index (χ1) is 5.70. The largest absolute Gasteiger partial charge is 0.372 e. The third-order valence-corrected chi connectivity index (χ3v) is 1.44. The molecule has 0 aromatic heterocycles. The first-order valence-corrected chi connectivity index (χ1v) is 4.27. The average Bonchev–Trinajstić information content (AvgIpc) is 2.01. The van der Waals surface area contributed by atoms with Crippen LogP contribution in [0.4, 0.5) is 0 Å². The van der Waals surface area contributed by atoms with Gasteiger partial charge in [-0.25, -0.2) is 0 Å². The molecule has 0 aliphatic heterocycles. The zero-order chi connectivity index (χ0) is 9.40. The Kier molecular flexibility index (Phi) is 6.70. The van der Waals surface area contributed by atoms with Gasteiger partial charge in [-0.15, -0.1) is 0 Å². The van der Waals surface area contributed by atoms with Crippen LogP contribution in [0.2, 0.25) is 0 Å². The van der Waals surface area contributed by atoms with Crippen molar-refractivity contribution in [1.82, 2.24) is 5.32 Å². The van der Waals surface area contributed by atoms with Gasteiger partial charge in [0.25, 0.3) is 0 Å². The lowest BCUT2D eigenvalue weighted by Crippen LogP contribution is -2.36. The van der Waals surface area contributed by atoms with Crippen molar-refractivity contribution in [3.8, 4) is 0 Å². The molecular formula is C8H18N2O2. The normalized spacial score (nSPS) is 12.6. The van der Waals surface area contributed by atoms with E-state index >= 15 is 0 Å². The summed E-state index contributed by atoms with van der Waals surface area (Å²) in [5, 5.41) is 2.77. The minimum absolute atomic E-state index is 0.0715. The first-order valence-electron chi connectivity index (χ1n) is 4.27. The fourth-order valence-electron chi connectivity index (χ4n) is 0.833. The Labute approximate surface area is 73.5 Å². The Morgan fingerprint density at radius 2 is 2.33 bits per heavy atom. The summed E-state index contributed by atoms with van der Waals surface area (Å²) >= 11 is 0. The zero-order valence-corrected chi connectivity index (χ0v) is 7.80. The predicted molar refractivity (Wildman–Crippen MR) is 47.8 cm³/mol. The van der Waals surface area contributed by atoms with Gasteiger partial charge in [0.2, 0.25) is 5.91 Å². The molecule has 0 rings (SSSR count). The maximum absolute atomic E-state index is 11.0. The van der Waals surface area contributed by atoms with Crippen molar-refractivity contribution in [3.63, 3.8) is 0 Å². The predicted octanol–water partition coefficient (Wildman–Crippen LogP) is -0.124. The second-order valence-electron chi connectivity index (χ2n) is 2.68. The Hall–Kier alpha value is -0.610. The first kappa shape index (κ1) is 11.4. The molecule has 0 spiro atoms. The van der Waals surface area contributed by atoms with Crippen LogP contribution in [0.3, 0.4) is 0 Å². The van der Waals surface area contributed by atoms with Crippen LogP contribution in [0.1, 0.15) is 20.3 Å². The van der Waals surface area contributed by atoms with Crippen LogP contribution in [-0.4, -0.2) is 31.7 Å². The molecule has 0 saturated carbocycles. The number of nitrogens with two attached hydrogens (primary N) is 1. The molecule has 0 aliphatic rings. The highest BCUT2D eigenvalue weighted by Crippen LogP contribution is 1.87. The van der Waals surface area contributed by atoms with E-state index in [0.717, 1.165) is 6.42 Å². The number of hydrogen-bond donors (Lipinski definition) is 2. The van der Waals surface area contributed by atoms with E-state index in [1.54, 1.807) is 0 Å². The monoisotopic (exact) mass is 174 g/mol. The van der Waals surface area contributed by atoms with E-state index in [0.29, 0.717) is 13.2 Å². The Balaban J connectivity index is 3.40. The molecule has 4 nitrogen and oxygen atoms in total. The van der Waals surface area contributed by atoms with Crippen molar-refractivity contribution in [1.29, 1.82) is 0 Å². The highest BCUT2D eigenvalue weighted by molar-refractivity contribution is 5.77. The van der Waals surface area contributed by atoms with E-state index in [-0.39, 0.29) is 18.6 Å². The van der Waals surface area contributed by atoms with Crippen LogP contribution < -0.4 is 11.1 Å². The molecule has 0 bridgehead atoms. The minimum Gasteiger partial charge on any atom is -0.372 e. The molecule has 1 unspecified atom stereocenters. The Morgan fingerprint density at radius 1 is 1.67 bits per heavy atom. The van der Waals surface area contributed by atoms with E-state index in [1.807, 2.05) is 13.8 Å². The smallest absolute Gasteiger partial charge is 0.246 e. The van der Waals surface area contributed by atoms with E-state index in [1.165, 1.54) is 0 Å². The van der Waals surface area contributed by atoms with Gasteiger partial charge in [0.15, 0.2) is 0 Å². The third kappa shape index (κ3) is 6.12. The van der Waals surface area contributed by atoms with E-state index in [4.69, 9.17) is 10.5 Å². The highest BCUT2D eigenvalue weighted by Gasteiger charge is 2.05. The topological polar surface area (TPSA) is 64.3 Å². The van der Waals surface area contributed by atoms with Gasteiger partial charge in [-0.2, -0.15) is 0 Å². The number of carbonyl (C=O) groups excluding carboxylic acids is 1. The van der Waals surface area contributed by atoms with Crippen LogP contribution in [0.5, 0.6) is 0 Å². The molecule has 0 fully saturated rings. The summed E-state index contributed by atoms with van der Waals surface area (Å²) in [7, 11) is 0. The fourth-order valence-corrected chi connectivity index (χ4v) is 0.833. The molecule has 0 radical (unpaired) electrons. The summed E-state index contributed by atoms with van der Waals surface area (Å²) in [6.45, 7) is 5.09. The number of nitrogens with one attached hydrogen (secondary N) is 1. The summed E-state index contributed by atoms with van der Waals surface area (Å²) in [6.07, 6.45) is 0.803. The van der Waals surface area contributed by atoms with Gasteiger partial charge in [-0.1, -0.05) is 0 Å².